The van der Waals surface area contributed by atoms with E-state index in [1.165, 1.54) is 87.0 Å². The summed E-state index contributed by atoms with van der Waals surface area (Å²) < 4.78 is 2.48. The van der Waals surface area contributed by atoms with Gasteiger partial charge in [0.25, 0.3) is 0 Å². The molecular weight excluding hydrogens is 328 g/mol. The van der Waals surface area contributed by atoms with Crippen molar-refractivity contribution in [3.05, 3.63) is 53.1 Å². The molecule has 2 aromatic rings. The maximum Gasteiger partial charge on any atom is 0.106 e. The Morgan fingerprint density at radius 1 is 0.778 bits per heavy atom. The molecule has 0 fully saturated rings. The number of aromatic nitrogens is 2. The fraction of sp³-hybridized carbons (Fsp3) is 0.640. The van der Waals surface area contributed by atoms with Crippen LogP contribution in [0.4, 0.5) is 0 Å². The van der Waals surface area contributed by atoms with Crippen molar-refractivity contribution in [2.24, 2.45) is 0 Å². The standard InChI is InChI=1S/C25H40N2/c1-4-6-7-8-9-10-11-12-13-17-20-27-22(3)26-24(5-2)25(27)21-23-18-15-14-16-19-23/h14-16,18-19H,4-13,17,20-21H2,1-3H3. The van der Waals surface area contributed by atoms with Crippen LogP contribution in [0.5, 0.6) is 0 Å². The average molecular weight is 369 g/mol. The van der Waals surface area contributed by atoms with E-state index in [2.05, 4.69) is 55.7 Å². The Kier molecular flexibility index (Phi) is 10.3. The van der Waals surface area contributed by atoms with Crippen LogP contribution in [-0.4, -0.2) is 9.55 Å². The van der Waals surface area contributed by atoms with E-state index in [0.717, 1.165) is 19.4 Å². The average Bonchev–Trinajstić information content (AvgIpc) is 2.99. The van der Waals surface area contributed by atoms with Crippen molar-refractivity contribution in [1.29, 1.82) is 0 Å². The lowest BCUT2D eigenvalue weighted by molar-refractivity contribution is 0.526. The summed E-state index contributed by atoms with van der Waals surface area (Å²) in [6, 6.07) is 10.8. The highest BCUT2D eigenvalue weighted by Crippen LogP contribution is 2.19. The third-order valence-electron chi connectivity index (χ3n) is 5.63. The van der Waals surface area contributed by atoms with Gasteiger partial charge in [0.1, 0.15) is 5.82 Å². The number of benzene rings is 1. The predicted molar refractivity (Wildman–Crippen MR) is 117 cm³/mol. The van der Waals surface area contributed by atoms with Gasteiger partial charge >= 0.3 is 0 Å². The molecule has 2 rings (SSSR count). The minimum absolute atomic E-state index is 1.00. The van der Waals surface area contributed by atoms with Gasteiger partial charge in [-0.05, 0) is 25.3 Å². The van der Waals surface area contributed by atoms with Crippen molar-refractivity contribution >= 4 is 0 Å². The fourth-order valence-corrected chi connectivity index (χ4v) is 4.00. The molecule has 150 valence electrons. The highest BCUT2D eigenvalue weighted by molar-refractivity contribution is 5.26. The minimum Gasteiger partial charge on any atom is -0.332 e. The molecule has 0 bridgehead atoms. The normalized spacial score (nSPS) is 11.2. The molecule has 1 aromatic carbocycles. The van der Waals surface area contributed by atoms with Crippen molar-refractivity contribution in [3.63, 3.8) is 0 Å². The summed E-state index contributed by atoms with van der Waals surface area (Å²) in [4.78, 5) is 4.85. The molecule has 1 aromatic heterocycles. The van der Waals surface area contributed by atoms with Crippen LogP contribution >= 0.6 is 0 Å². The van der Waals surface area contributed by atoms with Crippen molar-refractivity contribution < 1.29 is 0 Å². The monoisotopic (exact) mass is 368 g/mol. The molecule has 0 atom stereocenters. The summed E-state index contributed by atoms with van der Waals surface area (Å²) >= 11 is 0. The number of aryl methyl sites for hydroxylation is 2. The molecule has 0 saturated heterocycles. The third-order valence-corrected chi connectivity index (χ3v) is 5.63. The first-order valence-electron chi connectivity index (χ1n) is 11.3. The third kappa shape index (κ3) is 7.52. The van der Waals surface area contributed by atoms with Crippen molar-refractivity contribution in [2.45, 2.75) is 104 Å². The molecule has 0 N–H and O–H groups in total. The van der Waals surface area contributed by atoms with Gasteiger partial charge in [-0.3, -0.25) is 0 Å². The van der Waals surface area contributed by atoms with E-state index in [0.29, 0.717) is 0 Å². The van der Waals surface area contributed by atoms with Crippen LogP contribution in [0.3, 0.4) is 0 Å². The Labute approximate surface area is 167 Å². The Bertz CT molecular complexity index is 627. The molecule has 2 nitrogen and oxygen atoms in total. The second kappa shape index (κ2) is 12.8. The number of hydrogen-bond acceptors (Lipinski definition) is 1. The number of hydrogen-bond donors (Lipinski definition) is 0. The summed E-state index contributed by atoms with van der Waals surface area (Å²) in [5.41, 5.74) is 4.09. The first-order valence-corrected chi connectivity index (χ1v) is 11.3. The van der Waals surface area contributed by atoms with E-state index < -0.39 is 0 Å². The fourth-order valence-electron chi connectivity index (χ4n) is 4.00. The van der Waals surface area contributed by atoms with Gasteiger partial charge in [-0.25, -0.2) is 4.98 Å². The van der Waals surface area contributed by atoms with Crippen LogP contribution < -0.4 is 0 Å². The quantitative estimate of drug-likeness (QED) is 0.321. The van der Waals surface area contributed by atoms with Crippen molar-refractivity contribution in [1.82, 2.24) is 9.55 Å². The van der Waals surface area contributed by atoms with E-state index in [4.69, 9.17) is 4.98 Å². The van der Waals surface area contributed by atoms with Crippen LogP contribution in [0.25, 0.3) is 0 Å². The zero-order valence-electron chi connectivity index (χ0n) is 18.0. The van der Waals surface area contributed by atoms with E-state index in [1.807, 2.05) is 0 Å². The Morgan fingerprint density at radius 2 is 1.37 bits per heavy atom. The van der Waals surface area contributed by atoms with E-state index in [1.54, 1.807) is 0 Å². The van der Waals surface area contributed by atoms with Gasteiger partial charge < -0.3 is 4.57 Å². The number of imidazole rings is 1. The summed E-state index contributed by atoms with van der Waals surface area (Å²) in [6.07, 6.45) is 15.9. The first kappa shape index (κ1) is 21.7. The zero-order chi connectivity index (χ0) is 19.3. The Balaban J connectivity index is 1.76. The maximum absolute atomic E-state index is 4.85. The van der Waals surface area contributed by atoms with Crippen LogP contribution in [0.15, 0.2) is 30.3 Å². The van der Waals surface area contributed by atoms with Crippen LogP contribution in [0.1, 0.15) is 101 Å². The molecule has 0 amide bonds. The molecule has 0 aliphatic heterocycles. The van der Waals surface area contributed by atoms with E-state index in [9.17, 15) is 0 Å². The highest BCUT2D eigenvalue weighted by Gasteiger charge is 2.13. The molecule has 27 heavy (non-hydrogen) atoms. The molecule has 1 heterocycles. The second-order valence-electron chi connectivity index (χ2n) is 7.90. The van der Waals surface area contributed by atoms with Gasteiger partial charge in [-0.15, -0.1) is 0 Å². The molecule has 2 heteroatoms. The van der Waals surface area contributed by atoms with Gasteiger partial charge in [0, 0.05) is 18.7 Å². The lowest BCUT2D eigenvalue weighted by Crippen LogP contribution is -2.07. The summed E-state index contributed by atoms with van der Waals surface area (Å²) in [5, 5.41) is 0. The lowest BCUT2D eigenvalue weighted by Gasteiger charge is -2.12. The predicted octanol–water partition coefficient (Wildman–Crippen LogP) is 7.27. The van der Waals surface area contributed by atoms with Gasteiger partial charge in [-0.1, -0.05) is 102 Å². The number of unbranched alkanes of at least 4 members (excludes halogenated alkanes) is 9. The summed E-state index contributed by atoms with van der Waals surface area (Å²) in [5.74, 6) is 1.19. The van der Waals surface area contributed by atoms with Crippen LogP contribution in [-0.2, 0) is 19.4 Å². The topological polar surface area (TPSA) is 17.8 Å². The highest BCUT2D eigenvalue weighted by atomic mass is 15.1. The molecule has 0 aliphatic rings. The largest absolute Gasteiger partial charge is 0.332 e. The maximum atomic E-state index is 4.85. The Morgan fingerprint density at radius 3 is 1.96 bits per heavy atom. The SMILES string of the molecule is CCCCCCCCCCCCn1c(C)nc(CC)c1Cc1ccccc1. The van der Waals surface area contributed by atoms with Gasteiger partial charge in [0.2, 0.25) is 0 Å². The molecule has 0 spiro atoms. The van der Waals surface area contributed by atoms with Gasteiger partial charge in [0.15, 0.2) is 0 Å². The number of nitrogens with zero attached hydrogens (tertiary/aromatic N) is 2. The molecular formula is C25H40N2. The molecule has 0 aliphatic carbocycles. The molecule has 0 unspecified atom stereocenters. The zero-order valence-corrected chi connectivity index (χ0v) is 18.0. The van der Waals surface area contributed by atoms with E-state index in [-0.39, 0.29) is 0 Å². The first-order chi connectivity index (χ1) is 13.3. The molecule has 0 radical (unpaired) electrons. The van der Waals surface area contributed by atoms with Gasteiger partial charge in [0.05, 0.1) is 5.69 Å². The van der Waals surface area contributed by atoms with Crippen LogP contribution in [0.2, 0.25) is 0 Å². The van der Waals surface area contributed by atoms with E-state index >= 15 is 0 Å². The number of rotatable bonds is 14. The van der Waals surface area contributed by atoms with Crippen LogP contribution in [0, 0.1) is 6.92 Å². The minimum atomic E-state index is 1.00. The Hall–Kier alpha value is -1.57. The van der Waals surface area contributed by atoms with Crippen molar-refractivity contribution in [2.75, 3.05) is 0 Å². The summed E-state index contributed by atoms with van der Waals surface area (Å²) in [7, 11) is 0. The van der Waals surface area contributed by atoms with Crippen molar-refractivity contribution in [3.8, 4) is 0 Å². The smallest absolute Gasteiger partial charge is 0.106 e. The second-order valence-corrected chi connectivity index (χ2v) is 7.90. The summed E-state index contributed by atoms with van der Waals surface area (Å²) in [6.45, 7) is 7.80. The lowest BCUT2D eigenvalue weighted by atomic mass is 10.1. The van der Waals surface area contributed by atoms with Gasteiger partial charge in [-0.2, -0.15) is 0 Å². The molecule has 0 saturated carbocycles.